The fourth-order valence-corrected chi connectivity index (χ4v) is 1.60. The Bertz CT molecular complexity index is 196. The molecule has 0 amide bonds. The smallest absolute Gasteiger partial charge is 0.328 e. The second-order valence-electron chi connectivity index (χ2n) is 3.03. The molecule has 0 aromatic heterocycles. The standard InChI is InChI=1S/C9H14O3/c1-12-8-5-3-2-4-7(8)6-9(10)11/h6,8H,2-5H2,1H3,(H,10,11)/b7-6+. The molecular formula is C9H14O3. The quantitative estimate of drug-likeness (QED) is 0.640. The van der Waals surface area contributed by atoms with E-state index in [4.69, 9.17) is 9.84 Å². The highest BCUT2D eigenvalue weighted by Gasteiger charge is 2.18. The molecule has 0 aromatic carbocycles. The first kappa shape index (κ1) is 9.26. The van der Waals surface area contributed by atoms with Crippen molar-refractivity contribution in [3.05, 3.63) is 11.6 Å². The third-order valence-electron chi connectivity index (χ3n) is 2.19. The van der Waals surface area contributed by atoms with Crippen molar-refractivity contribution in [3.8, 4) is 0 Å². The summed E-state index contributed by atoms with van der Waals surface area (Å²) in [5.41, 5.74) is 0.927. The van der Waals surface area contributed by atoms with Gasteiger partial charge in [-0.3, -0.25) is 0 Å². The van der Waals surface area contributed by atoms with E-state index in [1.807, 2.05) is 0 Å². The molecule has 0 aromatic rings. The Hall–Kier alpha value is -0.830. The molecule has 1 atom stereocenters. The second-order valence-corrected chi connectivity index (χ2v) is 3.03. The average Bonchev–Trinajstić information content (AvgIpc) is 2.04. The molecule has 1 unspecified atom stereocenters. The molecule has 0 aliphatic heterocycles. The number of methoxy groups -OCH3 is 1. The van der Waals surface area contributed by atoms with E-state index in [1.54, 1.807) is 7.11 Å². The molecule has 1 aliphatic carbocycles. The predicted octanol–water partition coefficient (Wildman–Crippen LogP) is 1.59. The molecule has 1 N–H and O–H groups in total. The van der Waals surface area contributed by atoms with Gasteiger partial charge < -0.3 is 9.84 Å². The van der Waals surface area contributed by atoms with Gasteiger partial charge in [-0.2, -0.15) is 0 Å². The molecule has 1 rings (SSSR count). The van der Waals surface area contributed by atoms with E-state index in [2.05, 4.69) is 0 Å². The number of carboxylic acids is 1. The summed E-state index contributed by atoms with van der Waals surface area (Å²) in [6, 6.07) is 0. The monoisotopic (exact) mass is 170 g/mol. The van der Waals surface area contributed by atoms with E-state index >= 15 is 0 Å². The predicted molar refractivity (Wildman–Crippen MR) is 45.0 cm³/mol. The van der Waals surface area contributed by atoms with Gasteiger partial charge in [0.25, 0.3) is 0 Å². The summed E-state index contributed by atoms with van der Waals surface area (Å²) in [7, 11) is 1.63. The number of carbonyl (C=O) groups is 1. The summed E-state index contributed by atoms with van der Waals surface area (Å²) in [6.45, 7) is 0. The van der Waals surface area contributed by atoms with E-state index in [0.717, 1.165) is 31.3 Å². The molecule has 0 radical (unpaired) electrons. The minimum Gasteiger partial charge on any atom is -0.478 e. The van der Waals surface area contributed by atoms with Gasteiger partial charge in [0, 0.05) is 13.2 Å². The highest BCUT2D eigenvalue weighted by Crippen LogP contribution is 2.25. The zero-order chi connectivity index (χ0) is 8.97. The number of rotatable bonds is 2. The van der Waals surface area contributed by atoms with Crippen molar-refractivity contribution in [1.82, 2.24) is 0 Å². The van der Waals surface area contributed by atoms with E-state index in [9.17, 15) is 4.79 Å². The first-order valence-electron chi connectivity index (χ1n) is 4.20. The first-order valence-corrected chi connectivity index (χ1v) is 4.20. The van der Waals surface area contributed by atoms with Crippen LogP contribution in [-0.2, 0) is 9.53 Å². The van der Waals surface area contributed by atoms with Crippen molar-refractivity contribution in [3.63, 3.8) is 0 Å². The van der Waals surface area contributed by atoms with Gasteiger partial charge in [-0.05, 0) is 24.8 Å². The second kappa shape index (κ2) is 4.26. The van der Waals surface area contributed by atoms with Crippen LogP contribution in [0.1, 0.15) is 25.7 Å². The molecule has 3 nitrogen and oxygen atoms in total. The number of hydrogen-bond acceptors (Lipinski definition) is 2. The Morgan fingerprint density at radius 2 is 2.42 bits per heavy atom. The average molecular weight is 170 g/mol. The molecule has 0 heterocycles. The Morgan fingerprint density at radius 3 is 3.00 bits per heavy atom. The summed E-state index contributed by atoms with van der Waals surface area (Å²) in [4.78, 5) is 10.4. The topological polar surface area (TPSA) is 46.5 Å². The third-order valence-corrected chi connectivity index (χ3v) is 2.19. The van der Waals surface area contributed by atoms with Crippen LogP contribution in [0.2, 0.25) is 0 Å². The Balaban J connectivity index is 2.64. The number of hydrogen-bond donors (Lipinski definition) is 1. The largest absolute Gasteiger partial charge is 0.478 e. The first-order chi connectivity index (χ1) is 5.74. The maximum Gasteiger partial charge on any atom is 0.328 e. The SMILES string of the molecule is COC1CCCC/C1=C\C(=O)O. The summed E-state index contributed by atoms with van der Waals surface area (Å²) >= 11 is 0. The van der Waals surface area contributed by atoms with Crippen LogP contribution in [-0.4, -0.2) is 24.3 Å². The van der Waals surface area contributed by atoms with Crippen LogP contribution >= 0.6 is 0 Å². The molecule has 1 aliphatic rings. The van der Waals surface area contributed by atoms with Crippen molar-refractivity contribution < 1.29 is 14.6 Å². The van der Waals surface area contributed by atoms with Crippen LogP contribution < -0.4 is 0 Å². The summed E-state index contributed by atoms with van der Waals surface area (Å²) in [5.74, 6) is -0.867. The van der Waals surface area contributed by atoms with Crippen molar-refractivity contribution in [2.45, 2.75) is 31.8 Å². The van der Waals surface area contributed by atoms with Crippen LogP contribution in [0, 0.1) is 0 Å². The van der Waals surface area contributed by atoms with Gasteiger partial charge in [0.2, 0.25) is 0 Å². The summed E-state index contributed by atoms with van der Waals surface area (Å²) < 4.78 is 5.17. The van der Waals surface area contributed by atoms with Gasteiger partial charge in [0.15, 0.2) is 0 Å². The molecule has 1 saturated carbocycles. The Labute approximate surface area is 72.0 Å². The van der Waals surface area contributed by atoms with Gasteiger partial charge in [-0.25, -0.2) is 4.79 Å². The van der Waals surface area contributed by atoms with Crippen LogP contribution in [0.3, 0.4) is 0 Å². The van der Waals surface area contributed by atoms with Crippen LogP contribution in [0.5, 0.6) is 0 Å². The zero-order valence-corrected chi connectivity index (χ0v) is 7.25. The normalized spacial score (nSPS) is 27.4. The molecule has 12 heavy (non-hydrogen) atoms. The fourth-order valence-electron chi connectivity index (χ4n) is 1.60. The van der Waals surface area contributed by atoms with Crippen LogP contribution in [0.4, 0.5) is 0 Å². The lowest BCUT2D eigenvalue weighted by molar-refractivity contribution is -0.131. The Kier molecular flexibility index (Phi) is 3.29. The van der Waals surface area contributed by atoms with Crippen LogP contribution in [0.25, 0.3) is 0 Å². The fraction of sp³-hybridized carbons (Fsp3) is 0.667. The Morgan fingerprint density at radius 1 is 1.67 bits per heavy atom. The van der Waals surface area contributed by atoms with Gasteiger partial charge in [0.1, 0.15) is 0 Å². The summed E-state index contributed by atoms with van der Waals surface area (Å²) in [5, 5.41) is 8.55. The van der Waals surface area contributed by atoms with Gasteiger partial charge >= 0.3 is 5.97 Å². The van der Waals surface area contributed by atoms with Crippen LogP contribution in [0.15, 0.2) is 11.6 Å². The molecule has 3 heteroatoms. The van der Waals surface area contributed by atoms with Gasteiger partial charge in [0.05, 0.1) is 6.10 Å². The van der Waals surface area contributed by atoms with Crippen molar-refractivity contribution in [1.29, 1.82) is 0 Å². The maximum atomic E-state index is 10.4. The lowest BCUT2D eigenvalue weighted by Gasteiger charge is -2.23. The lowest BCUT2D eigenvalue weighted by Crippen LogP contribution is -2.18. The number of aliphatic carboxylic acids is 1. The maximum absolute atomic E-state index is 10.4. The molecule has 1 fully saturated rings. The third kappa shape index (κ3) is 2.34. The van der Waals surface area contributed by atoms with Gasteiger partial charge in [-0.1, -0.05) is 6.42 Å². The van der Waals surface area contributed by atoms with E-state index in [0.29, 0.717) is 0 Å². The molecule has 68 valence electrons. The highest BCUT2D eigenvalue weighted by atomic mass is 16.5. The summed E-state index contributed by atoms with van der Waals surface area (Å²) in [6.07, 6.45) is 5.36. The van der Waals surface area contributed by atoms with Gasteiger partial charge in [-0.15, -0.1) is 0 Å². The number of carboxylic acid groups (broad SMARTS) is 1. The highest BCUT2D eigenvalue weighted by molar-refractivity contribution is 5.80. The van der Waals surface area contributed by atoms with Crippen molar-refractivity contribution in [2.24, 2.45) is 0 Å². The number of ether oxygens (including phenoxy) is 1. The zero-order valence-electron chi connectivity index (χ0n) is 7.25. The minimum absolute atomic E-state index is 0.0369. The van der Waals surface area contributed by atoms with E-state index < -0.39 is 5.97 Å². The van der Waals surface area contributed by atoms with Crippen molar-refractivity contribution >= 4 is 5.97 Å². The van der Waals surface area contributed by atoms with Crippen molar-refractivity contribution in [2.75, 3.05) is 7.11 Å². The molecule has 0 bridgehead atoms. The lowest BCUT2D eigenvalue weighted by atomic mass is 9.92. The molecule has 0 saturated heterocycles. The minimum atomic E-state index is -0.867. The molecule has 0 spiro atoms. The molecular weight excluding hydrogens is 156 g/mol. The van der Waals surface area contributed by atoms with E-state index in [-0.39, 0.29) is 6.10 Å². The van der Waals surface area contributed by atoms with E-state index in [1.165, 1.54) is 6.08 Å².